The second-order valence-corrected chi connectivity index (χ2v) is 3.46. The van der Waals surface area contributed by atoms with Crippen molar-refractivity contribution >= 4 is 0 Å². The summed E-state index contributed by atoms with van der Waals surface area (Å²) in [7, 11) is 0. The van der Waals surface area contributed by atoms with Crippen LogP contribution in [0.5, 0.6) is 0 Å². The van der Waals surface area contributed by atoms with Crippen LogP contribution in [0.3, 0.4) is 0 Å². The van der Waals surface area contributed by atoms with E-state index in [1.807, 2.05) is 0 Å². The van der Waals surface area contributed by atoms with E-state index in [1.165, 1.54) is 32.2 Å². The molecule has 0 amide bonds. The molecular weight excluding hydrogens is 110 g/mol. The number of hydrogen-bond donors (Lipinski definition) is 0. The summed E-state index contributed by atoms with van der Waals surface area (Å²) in [6, 6.07) is 1.89. The van der Waals surface area contributed by atoms with Gasteiger partial charge in [-0.05, 0) is 26.2 Å². The highest BCUT2D eigenvalue weighted by Crippen LogP contribution is 2.31. The molecule has 9 heavy (non-hydrogen) atoms. The highest BCUT2D eigenvalue weighted by atomic mass is 15.2. The first kappa shape index (κ1) is 5.72. The van der Waals surface area contributed by atoms with Crippen molar-refractivity contribution in [2.45, 2.75) is 44.7 Å². The van der Waals surface area contributed by atoms with Crippen molar-refractivity contribution < 1.29 is 0 Å². The minimum Gasteiger partial charge on any atom is -0.298 e. The Kier molecular flexibility index (Phi) is 1.26. The lowest BCUT2D eigenvalue weighted by Gasteiger charge is -2.48. The fraction of sp³-hybridized carbons (Fsp3) is 1.00. The minimum absolute atomic E-state index is 0.900. The smallest absolute Gasteiger partial charge is 0.0110 e. The lowest BCUT2D eigenvalue weighted by Crippen LogP contribution is -2.54. The topological polar surface area (TPSA) is 3.24 Å². The van der Waals surface area contributed by atoms with Gasteiger partial charge in [0.05, 0.1) is 0 Å². The largest absolute Gasteiger partial charge is 0.298 e. The zero-order valence-corrected chi connectivity index (χ0v) is 6.14. The molecule has 0 N–H and O–H groups in total. The molecule has 0 aromatic carbocycles. The quantitative estimate of drug-likeness (QED) is 0.475. The molecule has 2 rings (SSSR count). The third kappa shape index (κ3) is 0.787. The Morgan fingerprint density at radius 1 is 1.22 bits per heavy atom. The molecule has 2 heterocycles. The molecule has 1 unspecified atom stereocenters. The van der Waals surface area contributed by atoms with E-state index in [0.717, 1.165) is 12.1 Å². The van der Waals surface area contributed by atoms with Crippen molar-refractivity contribution in [1.82, 2.24) is 4.90 Å². The van der Waals surface area contributed by atoms with Crippen LogP contribution in [0.2, 0.25) is 0 Å². The second-order valence-electron chi connectivity index (χ2n) is 3.46. The molecule has 0 aromatic rings. The zero-order chi connectivity index (χ0) is 6.27. The van der Waals surface area contributed by atoms with Gasteiger partial charge in [0.25, 0.3) is 0 Å². The molecule has 0 aromatic heterocycles. The van der Waals surface area contributed by atoms with Gasteiger partial charge in [0, 0.05) is 18.6 Å². The fourth-order valence-electron chi connectivity index (χ4n) is 2.17. The van der Waals surface area contributed by atoms with Gasteiger partial charge in [0.2, 0.25) is 0 Å². The summed E-state index contributed by atoms with van der Waals surface area (Å²) in [5.74, 6) is 0. The van der Waals surface area contributed by atoms with Crippen LogP contribution in [0.15, 0.2) is 0 Å². The molecule has 0 aliphatic carbocycles. The van der Waals surface area contributed by atoms with Gasteiger partial charge < -0.3 is 0 Å². The standard InChI is InChI=1S/C8H15N/c1-7-3-2-4-8-5-6-9(7)8/h7-8H,2-6H2,1H3/t7-,8?/m0/s1. The Hall–Kier alpha value is -0.0400. The molecule has 1 nitrogen and oxygen atoms in total. The zero-order valence-electron chi connectivity index (χ0n) is 6.14. The van der Waals surface area contributed by atoms with Gasteiger partial charge >= 0.3 is 0 Å². The maximum absolute atomic E-state index is 2.66. The molecule has 2 saturated heterocycles. The predicted octanol–water partition coefficient (Wildman–Crippen LogP) is 1.63. The highest BCUT2D eigenvalue weighted by molar-refractivity contribution is 4.89. The first-order chi connectivity index (χ1) is 4.38. The van der Waals surface area contributed by atoms with Crippen LogP contribution < -0.4 is 0 Å². The summed E-state index contributed by atoms with van der Waals surface area (Å²) in [6.45, 7) is 3.75. The van der Waals surface area contributed by atoms with Crippen molar-refractivity contribution in [3.63, 3.8) is 0 Å². The van der Waals surface area contributed by atoms with E-state index in [4.69, 9.17) is 0 Å². The summed E-state index contributed by atoms with van der Waals surface area (Å²) in [4.78, 5) is 2.66. The predicted molar refractivity (Wildman–Crippen MR) is 38.4 cm³/mol. The van der Waals surface area contributed by atoms with E-state index >= 15 is 0 Å². The molecule has 0 bridgehead atoms. The SMILES string of the molecule is C[C@H]1CCCC2CCN21. The maximum Gasteiger partial charge on any atom is 0.0110 e. The maximum atomic E-state index is 2.66. The van der Waals surface area contributed by atoms with Crippen molar-refractivity contribution in [3.8, 4) is 0 Å². The highest BCUT2D eigenvalue weighted by Gasteiger charge is 2.33. The molecule has 2 aliphatic rings. The molecule has 2 fully saturated rings. The van der Waals surface area contributed by atoms with Gasteiger partial charge in [-0.15, -0.1) is 0 Å². The molecule has 2 aliphatic heterocycles. The summed E-state index contributed by atoms with van der Waals surface area (Å²) >= 11 is 0. The Bertz CT molecular complexity index is 105. The van der Waals surface area contributed by atoms with Gasteiger partial charge in [-0.25, -0.2) is 0 Å². The molecule has 0 saturated carbocycles. The van der Waals surface area contributed by atoms with Crippen LogP contribution >= 0.6 is 0 Å². The van der Waals surface area contributed by atoms with E-state index in [0.29, 0.717) is 0 Å². The van der Waals surface area contributed by atoms with Crippen LogP contribution in [0, 0.1) is 0 Å². The normalized spacial score (nSPS) is 43.7. The van der Waals surface area contributed by atoms with Crippen molar-refractivity contribution in [2.24, 2.45) is 0 Å². The Morgan fingerprint density at radius 3 is 2.56 bits per heavy atom. The van der Waals surface area contributed by atoms with Crippen LogP contribution in [0.1, 0.15) is 32.6 Å². The number of hydrogen-bond acceptors (Lipinski definition) is 1. The lowest BCUT2D eigenvalue weighted by atomic mass is 9.88. The Balaban J connectivity index is 1.98. The molecular formula is C8H15N. The molecule has 2 atom stereocenters. The van der Waals surface area contributed by atoms with Crippen LogP contribution in [0.25, 0.3) is 0 Å². The Morgan fingerprint density at radius 2 is 2.11 bits per heavy atom. The van der Waals surface area contributed by atoms with Gasteiger partial charge in [0.1, 0.15) is 0 Å². The second kappa shape index (κ2) is 1.98. The first-order valence-corrected chi connectivity index (χ1v) is 4.13. The van der Waals surface area contributed by atoms with Gasteiger partial charge in [-0.3, -0.25) is 4.90 Å². The van der Waals surface area contributed by atoms with Gasteiger partial charge in [-0.1, -0.05) is 6.42 Å². The van der Waals surface area contributed by atoms with Crippen LogP contribution in [0.4, 0.5) is 0 Å². The molecule has 0 spiro atoms. The number of nitrogens with zero attached hydrogens (tertiary/aromatic N) is 1. The van der Waals surface area contributed by atoms with Crippen molar-refractivity contribution in [1.29, 1.82) is 0 Å². The third-order valence-electron chi connectivity index (χ3n) is 2.91. The van der Waals surface area contributed by atoms with E-state index in [2.05, 4.69) is 11.8 Å². The van der Waals surface area contributed by atoms with E-state index < -0.39 is 0 Å². The summed E-state index contributed by atoms with van der Waals surface area (Å²) in [5.41, 5.74) is 0. The van der Waals surface area contributed by atoms with Crippen LogP contribution in [-0.2, 0) is 0 Å². The van der Waals surface area contributed by atoms with E-state index in [1.54, 1.807) is 0 Å². The third-order valence-corrected chi connectivity index (χ3v) is 2.91. The summed E-state index contributed by atoms with van der Waals surface area (Å²) < 4.78 is 0. The average Bonchev–Trinajstić information content (AvgIpc) is 1.74. The first-order valence-electron chi connectivity index (χ1n) is 4.13. The van der Waals surface area contributed by atoms with E-state index in [9.17, 15) is 0 Å². The van der Waals surface area contributed by atoms with Crippen molar-refractivity contribution in [2.75, 3.05) is 6.54 Å². The lowest BCUT2D eigenvalue weighted by molar-refractivity contribution is 0.0108. The monoisotopic (exact) mass is 125 g/mol. The Labute approximate surface area is 57.0 Å². The molecule has 52 valence electrons. The van der Waals surface area contributed by atoms with Crippen LogP contribution in [-0.4, -0.2) is 23.5 Å². The van der Waals surface area contributed by atoms with Gasteiger partial charge in [-0.2, -0.15) is 0 Å². The van der Waals surface area contributed by atoms with E-state index in [-0.39, 0.29) is 0 Å². The fourth-order valence-corrected chi connectivity index (χ4v) is 2.17. The molecule has 0 radical (unpaired) electrons. The number of fused-ring (bicyclic) bond motifs is 1. The van der Waals surface area contributed by atoms with Gasteiger partial charge in [0.15, 0.2) is 0 Å². The number of piperidine rings is 1. The van der Waals surface area contributed by atoms with Crippen molar-refractivity contribution in [3.05, 3.63) is 0 Å². The summed E-state index contributed by atoms with van der Waals surface area (Å²) in [6.07, 6.45) is 5.87. The average molecular weight is 125 g/mol. The number of rotatable bonds is 0. The molecule has 1 heteroatoms. The minimum atomic E-state index is 0.900. The summed E-state index contributed by atoms with van der Waals surface area (Å²) in [5, 5.41) is 0.